The van der Waals surface area contributed by atoms with Gasteiger partial charge in [0.1, 0.15) is 12.7 Å². The predicted molar refractivity (Wildman–Crippen MR) is 124 cm³/mol. The smallest absolute Gasteiger partial charge is 0.305 e. The van der Waals surface area contributed by atoms with Gasteiger partial charge in [-0.25, -0.2) is 0 Å². The summed E-state index contributed by atoms with van der Waals surface area (Å²) < 4.78 is 4.83. The molecule has 0 fully saturated rings. The number of aliphatic hydroxyl groups is 4. The summed E-state index contributed by atoms with van der Waals surface area (Å²) in [4.78, 5) is 11.4. The van der Waals surface area contributed by atoms with Crippen LogP contribution in [0.2, 0.25) is 0 Å². The van der Waals surface area contributed by atoms with Crippen LogP contribution in [-0.2, 0) is 9.53 Å². The number of unbranched alkanes of at least 4 members (excludes halogenated alkanes) is 3. The Hall–Kier alpha value is -1.99. The molecule has 0 aliphatic rings. The van der Waals surface area contributed by atoms with Gasteiger partial charge < -0.3 is 25.2 Å². The number of allylic oxidation sites excluding steroid dienone is 6. The number of esters is 1. The van der Waals surface area contributed by atoms with Crippen molar-refractivity contribution in [2.75, 3.05) is 13.2 Å². The van der Waals surface area contributed by atoms with Gasteiger partial charge in [-0.05, 0) is 38.5 Å². The minimum Gasteiger partial charge on any atom is -0.463 e. The van der Waals surface area contributed by atoms with E-state index < -0.39 is 24.9 Å². The Morgan fingerprint density at radius 1 is 0.839 bits per heavy atom. The molecule has 176 valence electrons. The molecule has 6 heteroatoms. The molecule has 0 aromatic heterocycles. The molecule has 0 bridgehead atoms. The number of hydrogen-bond donors (Lipinski definition) is 4. The number of carbonyl (C=O) groups excluding carboxylic acids is 1. The van der Waals surface area contributed by atoms with E-state index >= 15 is 0 Å². The summed E-state index contributed by atoms with van der Waals surface area (Å²) in [5, 5.41) is 37.4. The fraction of sp³-hybridized carbons (Fsp3) is 0.560. The lowest BCUT2D eigenvalue weighted by Crippen LogP contribution is -2.21. The number of rotatable bonds is 18. The van der Waals surface area contributed by atoms with E-state index in [2.05, 4.69) is 6.92 Å². The topological polar surface area (TPSA) is 107 Å². The third-order valence-corrected chi connectivity index (χ3v) is 4.22. The van der Waals surface area contributed by atoms with E-state index in [-0.39, 0.29) is 12.6 Å². The molecule has 6 nitrogen and oxygen atoms in total. The molecule has 0 amide bonds. The van der Waals surface area contributed by atoms with E-state index in [9.17, 15) is 15.0 Å². The van der Waals surface area contributed by atoms with Crippen LogP contribution in [0.1, 0.15) is 58.3 Å². The normalized spacial score (nSPS) is 15.6. The van der Waals surface area contributed by atoms with E-state index in [1.165, 1.54) is 0 Å². The van der Waals surface area contributed by atoms with Gasteiger partial charge in [0.05, 0.1) is 18.8 Å². The minimum atomic E-state index is -1.01. The van der Waals surface area contributed by atoms with Crippen molar-refractivity contribution in [3.63, 3.8) is 0 Å². The lowest BCUT2D eigenvalue weighted by molar-refractivity contribution is -0.147. The standard InChI is InChI=1S/C25H40O6/c1-2-3-4-10-15-22(27)17-13-14-18-23(28)16-11-8-6-5-7-9-12-19-25(30)31-21-24(29)20-26/h3-4,6,8,10-11,13-16,22-24,26-29H,2,5,7,9,12,17-21H2,1H3/b4-3-,8-6-,14-13-,15-10+,16-11+. The molecule has 0 rings (SSSR count). The highest BCUT2D eigenvalue weighted by atomic mass is 16.5. The lowest BCUT2D eigenvalue weighted by atomic mass is 10.1. The first-order valence-corrected chi connectivity index (χ1v) is 11.1. The van der Waals surface area contributed by atoms with E-state index in [1.807, 2.05) is 48.6 Å². The highest BCUT2D eigenvalue weighted by molar-refractivity contribution is 5.69. The zero-order chi connectivity index (χ0) is 23.2. The van der Waals surface area contributed by atoms with E-state index in [0.717, 1.165) is 32.1 Å². The number of ether oxygens (including phenoxy) is 1. The van der Waals surface area contributed by atoms with E-state index in [0.29, 0.717) is 19.3 Å². The van der Waals surface area contributed by atoms with Crippen LogP contribution < -0.4 is 0 Å². The lowest BCUT2D eigenvalue weighted by Gasteiger charge is -2.08. The molecule has 3 unspecified atom stereocenters. The maximum absolute atomic E-state index is 11.4. The van der Waals surface area contributed by atoms with Crippen molar-refractivity contribution in [3.8, 4) is 0 Å². The molecule has 3 atom stereocenters. The summed E-state index contributed by atoms with van der Waals surface area (Å²) in [6, 6.07) is 0. The number of aliphatic hydroxyl groups excluding tert-OH is 4. The molecule has 0 radical (unpaired) electrons. The van der Waals surface area contributed by atoms with Gasteiger partial charge in [0.2, 0.25) is 0 Å². The summed E-state index contributed by atoms with van der Waals surface area (Å²) in [7, 11) is 0. The summed E-state index contributed by atoms with van der Waals surface area (Å²) in [6.07, 6.45) is 22.4. The van der Waals surface area contributed by atoms with E-state index in [1.54, 1.807) is 12.2 Å². The molecule has 0 aromatic carbocycles. The Balaban J connectivity index is 3.75. The highest BCUT2D eigenvalue weighted by Gasteiger charge is 2.07. The van der Waals surface area contributed by atoms with Crippen LogP contribution in [0.15, 0.2) is 60.8 Å². The average Bonchev–Trinajstić information content (AvgIpc) is 2.76. The third kappa shape index (κ3) is 21.0. The molecular weight excluding hydrogens is 396 g/mol. The Morgan fingerprint density at radius 3 is 2.03 bits per heavy atom. The maximum Gasteiger partial charge on any atom is 0.305 e. The second-order valence-electron chi connectivity index (χ2n) is 7.23. The zero-order valence-electron chi connectivity index (χ0n) is 18.7. The van der Waals surface area contributed by atoms with E-state index in [4.69, 9.17) is 14.9 Å². The van der Waals surface area contributed by atoms with Crippen molar-refractivity contribution in [1.29, 1.82) is 0 Å². The van der Waals surface area contributed by atoms with Crippen LogP contribution >= 0.6 is 0 Å². The first kappa shape index (κ1) is 29.0. The van der Waals surface area contributed by atoms with Crippen molar-refractivity contribution in [2.24, 2.45) is 0 Å². The van der Waals surface area contributed by atoms with Crippen molar-refractivity contribution >= 4 is 5.97 Å². The van der Waals surface area contributed by atoms with Crippen LogP contribution in [0.4, 0.5) is 0 Å². The number of hydrogen-bond acceptors (Lipinski definition) is 6. The van der Waals surface area contributed by atoms with Crippen molar-refractivity contribution in [1.82, 2.24) is 0 Å². The fourth-order valence-corrected chi connectivity index (χ4v) is 2.43. The quantitative estimate of drug-likeness (QED) is 0.113. The van der Waals surface area contributed by atoms with Crippen LogP contribution in [0.5, 0.6) is 0 Å². The van der Waals surface area contributed by atoms with Crippen molar-refractivity contribution in [3.05, 3.63) is 60.8 Å². The van der Waals surface area contributed by atoms with Gasteiger partial charge in [-0.3, -0.25) is 4.79 Å². The Morgan fingerprint density at radius 2 is 1.45 bits per heavy atom. The molecule has 0 saturated heterocycles. The van der Waals surface area contributed by atoms with Crippen LogP contribution in [-0.4, -0.2) is 57.9 Å². The molecule has 0 aliphatic heterocycles. The molecule has 4 N–H and O–H groups in total. The molecule has 0 aliphatic carbocycles. The average molecular weight is 437 g/mol. The summed E-state index contributed by atoms with van der Waals surface area (Å²) in [5.41, 5.74) is 0. The molecular formula is C25H40O6. The first-order valence-electron chi connectivity index (χ1n) is 11.1. The van der Waals surface area contributed by atoms with Gasteiger partial charge in [-0.15, -0.1) is 0 Å². The second kappa shape index (κ2) is 21.2. The van der Waals surface area contributed by atoms with Gasteiger partial charge in [0.15, 0.2) is 0 Å². The third-order valence-electron chi connectivity index (χ3n) is 4.22. The van der Waals surface area contributed by atoms with Crippen LogP contribution in [0, 0.1) is 0 Å². The SMILES string of the molecule is CC/C=C\C=C\C(O)C/C=C\CC(O)/C=C/C=C\CCCCCC(=O)OCC(O)CO. The zero-order valence-corrected chi connectivity index (χ0v) is 18.7. The molecule has 0 spiro atoms. The Kier molecular flexibility index (Phi) is 19.9. The minimum absolute atomic E-state index is 0.164. The second-order valence-corrected chi connectivity index (χ2v) is 7.23. The molecule has 31 heavy (non-hydrogen) atoms. The summed E-state index contributed by atoms with van der Waals surface area (Å²) in [6.45, 7) is 1.48. The Labute approximate surface area is 187 Å². The number of carbonyl (C=O) groups is 1. The maximum atomic E-state index is 11.4. The van der Waals surface area contributed by atoms with Gasteiger partial charge in [-0.1, -0.05) is 74.1 Å². The van der Waals surface area contributed by atoms with Crippen LogP contribution in [0.25, 0.3) is 0 Å². The largest absolute Gasteiger partial charge is 0.463 e. The molecule has 0 aromatic rings. The Bertz CT molecular complexity index is 577. The fourth-order valence-electron chi connectivity index (χ4n) is 2.43. The van der Waals surface area contributed by atoms with Gasteiger partial charge in [-0.2, -0.15) is 0 Å². The van der Waals surface area contributed by atoms with Crippen LogP contribution in [0.3, 0.4) is 0 Å². The van der Waals surface area contributed by atoms with Crippen molar-refractivity contribution in [2.45, 2.75) is 76.6 Å². The summed E-state index contributed by atoms with van der Waals surface area (Å²) >= 11 is 0. The van der Waals surface area contributed by atoms with Crippen molar-refractivity contribution < 1.29 is 30.0 Å². The molecule has 0 heterocycles. The molecule has 0 saturated carbocycles. The predicted octanol–water partition coefficient (Wildman–Crippen LogP) is 3.53. The summed E-state index contributed by atoms with van der Waals surface area (Å²) in [5.74, 6) is -0.357. The monoisotopic (exact) mass is 436 g/mol. The first-order chi connectivity index (χ1) is 15.0. The van der Waals surface area contributed by atoms with Gasteiger partial charge >= 0.3 is 5.97 Å². The van der Waals surface area contributed by atoms with Gasteiger partial charge in [0, 0.05) is 6.42 Å². The van der Waals surface area contributed by atoms with Gasteiger partial charge in [0.25, 0.3) is 0 Å². The highest BCUT2D eigenvalue weighted by Crippen LogP contribution is 2.06.